The number of benzene rings is 1. The molecule has 0 atom stereocenters. The van der Waals surface area contributed by atoms with Gasteiger partial charge in [0.2, 0.25) is 0 Å². The number of carbonyl (C=O) groups excluding carboxylic acids is 2. The Bertz CT molecular complexity index is 987. The maximum Gasteiger partial charge on any atom is 1.00 e. The summed E-state index contributed by atoms with van der Waals surface area (Å²) >= 11 is 0. The molecule has 0 N–H and O–H groups in total. The number of esters is 2. The van der Waals surface area contributed by atoms with Crippen LogP contribution < -0.4 is 51.4 Å². The molecule has 0 heterocycles. The molecular formula is C30H45KO7S. The molecule has 0 aliphatic carbocycles. The molecule has 1 aromatic rings. The van der Waals surface area contributed by atoms with E-state index in [9.17, 15) is 22.6 Å². The Labute approximate surface area is 278 Å². The van der Waals surface area contributed by atoms with Gasteiger partial charge >= 0.3 is 63.3 Å². The Hall–Kier alpha value is -0.814. The summed E-state index contributed by atoms with van der Waals surface area (Å²) in [7, 11) is -5.02. The summed E-state index contributed by atoms with van der Waals surface area (Å²) in [5.41, 5.74) is -0.903. The number of rotatable bonds is 21. The molecule has 1 rings (SSSR count). The molecule has 0 aliphatic rings. The molecule has 0 aliphatic heterocycles. The van der Waals surface area contributed by atoms with Crippen LogP contribution in [0.2, 0.25) is 0 Å². The predicted molar refractivity (Wildman–Crippen MR) is 149 cm³/mol. The van der Waals surface area contributed by atoms with Crippen LogP contribution in [0.4, 0.5) is 0 Å². The zero-order chi connectivity index (χ0) is 28.1. The average Bonchev–Trinajstić information content (AvgIpc) is 2.89. The van der Waals surface area contributed by atoms with Crippen molar-refractivity contribution in [2.45, 2.75) is 109 Å². The van der Waals surface area contributed by atoms with Crippen molar-refractivity contribution < 1.29 is 83.4 Å². The van der Waals surface area contributed by atoms with Crippen molar-refractivity contribution in [2.75, 3.05) is 13.2 Å². The molecule has 0 saturated heterocycles. The van der Waals surface area contributed by atoms with Gasteiger partial charge in [-0.25, -0.2) is 18.0 Å². The second-order valence-electron chi connectivity index (χ2n) is 9.39. The molecule has 0 saturated carbocycles. The molecule has 9 heteroatoms. The van der Waals surface area contributed by atoms with Crippen molar-refractivity contribution in [3.8, 4) is 0 Å². The minimum atomic E-state index is -5.02. The fourth-order valence-electron chi connectivity index (χ4n) is 3.97. The number of ether oxygens (including phenoxy) is 2. The Morgan fingerprint density at radius 3 is 1.67 bits per heavy atom. The van der Waals surface area contributed by atoms with Gasteiger partial charge in [0.15, 0.2) is 0 Å². The first-order valence-corrected chi connectivity index (χ1v) is 15.5. The molecule has 0 unspecified atom stereocenters. The Morgan fingerprint density at radius 2 is 1.18 bits per heavy atom. The van der Waals surface area contributed by atoms with Crippen LogP contribution in [0.25, 0.3) is 0 Å². The number of hydrogen-bond donors (Lipinski definition) is 0. The quantitative estimate of drug-likeness (QED) is 0.0683. The SMILES string of the molecule is CCCCCCCC/C=C/COC(=O)c1cccc(S(=O)(=O)[O-])c1C(=O)OC/C=C/CCCCCCCC.[K+]. The zero-order valence-electron chi connectivity index (χ0n) is 24.1. The monoisotopic (exact) mass is 588 g/mol. The predicted octanol–water partition coefficient (Wildman–Crippen LogP) is 4.52. The van der Waals surface area contributed by atoms with Crippen molar-refractivity contribution in [2.24, 2.45) is 0 Å². The van der Waals surface area contributed by atoms with Crippen LogP contribution in [0.15, 0.2) is 47.4 Å². The third-order valence-electron chi connectivity index (χ3n) is 6.12. The fraction of sp³-hybridized carbons (Fsp3) is 0.600. The van der Waals surface area contributed by atoms with E-state index in [1.807, 2.05) is 12.2 Å². The normalized spacial score (nSPS) is 11.6. The van der Waals surface area contributed by atoms with Gasteiger partial charge in [0.05, 0.1) is 16.0 Å². The molecule has 0 spiro atoms. The van der Waals surface area contributed by atoms with E-state index in [2.05, 4.69) is 13.8 Å². The summed E-state index contributed by atoms with van der Waals surface area (Å²) < 4.78 is 45.7. The summed E-state index contributed by atoms with van der Waals surface area (Å²) in [6, 6.07) is 3.47. The summed E-state index contributed by atoms with van der Waals surface area (Å²) in [6.45, 7) is 4.23. The molecule has 214 valence electrons. The van der Waals surface area contributed by atoms with Gasteiger partial charge in [-0.15, -0.1) is 0 Å². The maximum absolute atomic E-state index is 12.7. The number of carbonyl (C=O) groups is 2. The standard InChI is InChI=1S/C30H46O7S.K/c1-3-5-7-9-11-13-15-17-19-24-36-29(31)26-22-21-23-27(38(33,34)35)28(26)30(32)37-25-20-18-16-14-12-10-8-6-4-2;/h17-23H,3-16,24-25H2,1-2H3,(H,33,34,35);/q;+1/p-1/b19-17+,20-18+;. The number of unbranched alkanes of at least 4 members (excludes halogenated alkanes) is 12. The Kier molecular flexibility index (Phi) is 23.4. The summed E-state index contributed by atoms with van der Waals surface area (Å²) in [4.78, 5) is 24.6. The molecule has 7 nitrogen and oxygen atoms in total. The van der Waals surface area contributed by atoms with Gasteiger partial charge in [-0.1, -0.05) is 108 Å². The van der Waals surface area contributed by atoms with Crippen molar-refractivity contribution in [1.29, 1.82) is 0 Å². The van der Waals surface area contributed by atoms with E-state index in [1.54, 1.807) is 12.2 Å². The molecule has 0 radical (unpaired) electrons. The largest absolute Gasteiger partial charge is 1.00 e. The van der Waals surface area contributed by atoms with Crippen LogP contribution in [0.3, 0.4) is 0 Å². The van der Waals surface area contributed by atoms with Gasteiger partial charge in [0.25, 0.3) is 0 Å². The van der Waals surface area contributed by atoms with Crippen LogP contribution >= 0.6 is 0 Å². The van der Waals surface area contributed by atoms with E-state index in [0.717, 1.165) is 44.6 Å². The molecule has 0 aromatic heterocycles. The summed E-state index contributed by atoms with van der Waals surface area (Å²) in [5, 5.41) is 0. The Balaban J connectivity index is 0.0000144. The van der Waals surface area contributed by atoms with E-state index in [0.29, 0.717) is 0 Å². The zero-order valence-corrected chi connectivity index (χ0v) is 28.1. The summed E-state index contributed by atoms with van der Waals surface area (Å²) in [5.74, 6) is -1.96. The van der Waals surface area contributed by atoms with Gasteiger partial charge < -0.3 is 14.0 Å². The van der Waals surface area contributed by atoms with Gasteiger partial charge in [0, 0.05) is 0 Å². The number of hydrogen-bond acceptors (Lipinski definition) is 7. The fourth-order valence-corrected chi connectivity index (χ4v) is 4.66. The second-order valence-corrected chi connectivity index (χ2v) is 10.7. The van der Waals surface area contributed by atoms with Crippen LogP contribution in [-0.2, 0) is 19.6 Å². The number of allylic oxidation sites excluding steroid dienone is 2. The molecule has 0 bridgehead atoms. The van der Waals surface area contributed by atoms with Crippen molar-refractivity contribution >= 4 is 22.1 Å². The second kappa shape index (κ2) is 23.8. The Morgan fingerprint density at radius 1 is 0.718 bits per heavy atom. The minimum absolute atomic E-state index is 0. The first-order valence-electron chi connectivity index (χ1n) is 14.1. The van der Waals surface area contributed by atoms with Gasteiger partial charge in [0.1, 0.15) is 23.3 Å². The van der Waals surface area contributed by atoms with Crippen LogP contribution in [0.1, 0.15) is 124 Å². The van der Waals surface area contributed by atoms with Crippen molar-refractivity contribution in [3.63, 3.8) is 0 Å². The third kappa shape index (κ3) is 17.6. The van der Waals surface area contributed by atoms with Crippen LogP contribution in [-0.4, -0.2) is 38.1 Å². The molecular weight excluding hydrogens is 543 g/mol. The van der Waals surface area contributed by atoms with E-state index in [-0.39, 0.29) is 70.2 Å². The van der Waals surface area contributed by atoms with Crippen molar-refractivity contribution in [3.05, 3.63) is 53.6 Å². The topological polar surface area (TPSA) is 110 Å². The van der Waals surface area contributed by atoms with Crippen LogP contribution in [0, 0.1) is 0 Å². The first kappa shape index (κ1) is 38.2. The van der Waals surface area contributed by atoms with Crippen LogP contribution in [0.5, 0.6) is 0 Å². The maximum atomic E-state index is 12.7. The summed E-state index contributed by atoms with van der Waals surface area (Å²) in [6.07, 6.45) is 23.1. The average molecular weight is 589 g/mol. The molecule has 0 amide bonds. The minimum Gasteiger partial charge on any atom is -0.744 e. The third-order valence-corrected chi connectivity index (χ3v) is 7.00. The smallest absolute Gasteiger partial charge is 0.744 e. The molecule has 0 fully saturated rings. The van der Waals surface area contributed by atoms with E-state index in [4.69, 9.17) is 9.47 Å². The van der Waals surface area contributed by atoms with E-state index < -0.39 is 32.5 Å². The van der Waals surface area contributed by atoms with E-state index in [1.165, 1.54) is 63.5 Å². The molecule has 39 heavy (non-hydrogen) atoms. The van der Waals surface area contributed by atoms with E-state index >= 15 is 0 Å². The molecule has 1 aromatic carbocycles. The first-order chi connectivity index (χ1) is 18.3. The van der Waals surface area contributed by atoms with Crippen molar-refractivity contribution in [1.82, 2.24) is 0 Å². The van der Waals surface area contributed by atoms with Gasteiger partial charge in [-0.2, -0.15) is 0 Å². The van der Waals surface area contributed by atoms with Gasteiger partial charge in [-0.3, -0.25) is 0 Å². The van der Waals surface area contributed by atoms with Gasteiger partial charge in [-0.05, 0) is 37.8 Å².